The Balaban J connectivity index is 3.86. The van der Waals surface area contributed by atoms with E-state index >= 15 is 0 Å². The fraction of sp³-hybridized carbons (Fsp3) is 0.538. The monoisotopic (exact) mass is 908 g/mol. The van der Waals surface area contributed by atoms with Gasteiger partial charge in [0.25, 0.3) is 0 Å². The minimum absolute atomic E-state index is 0.0655. The van der Waals surface area contributed by atoms with Crippen LogP contribution in [0.1, 0.15) is 130 Å². The molecule has 0 aliphatic heterocycles. The second kappa shape index (κ2) is 44.5. The van der Waals surface area contributed by atoms with Gasteiger partial charge in [0, 0.05) is 55.8 Å². The molecule has 0 rings (SSSR count). The lowest BCUT2D eigenvalue weighted by Gasteiger charge is -2.29. The highest BCUT2D eigenvalue weighted by atomic mass is 33.1. The van der Waals surface area contributed by atoms with Gasteiger partial charge in [-0.1, -0.05) is 171 Å². The van der Waals surface area contributed by atoms with Gasteiger partial charge in [0.15, 0.2) is 0 Å². The average Bonchev–Trinajstić information content (AvgIpc) is 3.27. The van der Waals surface area contributed by atoms with Gasteiger partial charge >= 0.3 is 5.97 Å². The lowest BCUT2D eigenvalue weighted by molar-refractivity contribution is -0.153. The van der Waals surface area contributed by atoms with Crippen molar-refractivity contribution in [1.82, 2.24) is 16.0 Å². The zero-order valence-corrected chi connectivity index (χ0v) is 40.6. The SMILES string of the molecule is CCC=CCC=CCC=CCC=CC=CCCCC(=O)OCC(C)(C)C(O)C(=O)NCCC(=O)NCCSSCCNC(=O)CCCC=CCC=CCC=CCC=CCC=CCC. The number of carbonyl (C=O) groups is 4. The Labute approximate surface area is 389 Å². The molecule has 0 saturated heterocycles. The molecule has 11 heteroatoms. The molecule has 3 amide bonds. The second-order valence-corrected chi connectivity index (χ2v) is 18.0. The van der Waals surface area contributed by atoms with Crippen LogP contribution in [-0.2, 0) is 23.9 Å². The molecule has 0 spiro atoms. The van der Waals surface area contributed by atoms with Crippen molar-refractivity contribution in [3.63, 3.8) is 0 Å². The Kier molecular flexibility index (Phi) is 41.7. The first-order valence-electron chi connectivity index (χ1n) is 23.0. The molecule has 0 radical (unpaired) electrons. The van der Waals surface area contributed by atoms with Crippen LogP contribution in [-0.4, -0.2) is 72.6 Å². The maximum absolute atomic E-state index is 12.6. The number of ether oxygens (including phenoxy) is 1. The Morgan fingerprint density at radius 3 is 1.44 bits per heavy atom. The van der Waals surface area contributed by atoms with Crippen LogP contribution in [0.4, 0.5) is 0 Å². The highest BCUT2D eigenvalue weighted by molar-refractivity contribution is 8.76. The van der Waals surface area contributed by atoms with E-state index < -0.39 is 17.4 Å². The molecule has 0 aliphatic carbocycles. The molecule has 63 heavy (non-hydrogen) atoms. The van der Waals surface area contributed by atoms with Crippen LogP contribution in [0.3, 0.4) is 0 Å². The molecular weight excluding hydrogens is 827 g/mol. The second-order valence-electron chi connectivity index (χ2n) is 15.3. The van der Waals surface area contributed by atoms with Crippen molar-refractivity contribution in [2.24, 2.45) is 5.41 Å². The number of esters is 1. The molecule has 0 aromatic carbocycles. The molecule has 9 nitrogen and oxygen atoms in total. The summed E-state index contributed by atoms with van der Waals surface area (Å²) in [6, 6.07) is 0. The number of aliphatic hydroxyl groups is 1. The van der Waals surface area contributed by atoms with E-state index in [1.807, 2.05) is 18.2 Å². The van der Waals surface area contributed by atoms with E-state index in [-0.39, 0.29) is 43.8 Å². The van der Waals surface area contributed by atoms with E-state index in [1.54, 1.807) is 35.4 Å². The minimum Gasteiger partial charge on any atom is -0.465 e. The summed E-state index contributed by atoms with van der Waals surface area (Å²) in [6.45, 7) is 8.64. The van der Waals surface area contributed by atoms with Crippen molar-refractivity contribution in [2.45, 2.75) is 137 Å². The summed E-state index contributed by atoms with van der Waals surface area (Å²) in [4.78, 5) is 49.2. The Morgan fingerprint density at radius 1 is 0.524 bits per heavy atom. The summed E-state index contributed by atoms with van der Waals surface area (Å²) >= 11 is 0. The number of unbranched alkanes of at least 4 members (excludes halogenated alkanes) is 2. The number of rotatable bonds is 39. The third kappa shape index (κ3) is 41.7. The fourth-order valence-electron chi connectivity index (χ4n) is 5.26. The molecule has 0 aromatic heterocycles. The van der Waals surface area contributed by atoms with Crippen molar-refractivity contribution in [3.05, 3.63) is 122 Å². The highest BCUT2D eigenvalue weighted by Gasteiger charge is 2.35. The van der Waals surface area contributed by atoms with E-state index in [9.17, 15) is 24.3 Å². The lowest BCUT2D eigenvalue weighted by Crippen LogP contribution is -2.47. The molecular formula is C52H81N3O6S2. The highest BCUT2D eigenvalue weighted by Crippen LogP contribution is 2.22. The van der Waals surface area contributed by atoms with Gasteiger partial charge in [-0.15, -0.1) is 0 Å². The van der Waals surface area contributed by atoms with Crippen LogP contribution in [0.2, 0.25) is 0 Å². The van der Waals surface area contributed by atoms with Crippen LogP contribution < -0.4 is 16.0 Å². The first-order chi connectivity index (χ1) is 30.6. The Hall–Kier alpha value is -4.06. The Morgan fingerprint density at radius 2 is 0.937 bits per heavy atom. The maximum atomic E-state index is 12.6. The molecule has 0 bridgehead atoms. The summed E-state index contributed by atoms with van der Waals surface area (Å²) in [7, 11) is 3.26. The molecule has 0 heterocycles. The van der Waals surface area contributed by atoms with Crippen molar-refractivity contribution >= 4 is 45.3 Å². The quantitative estimate of drug-likeness (QED) is 0.0158. The van der Waals surface area contributed by atoms with Crippen molar-refractivity contribution in [1.29, 1.82) is 0 Å². The number of amides is 3. The molecule has 0 aromatic rings. The summed E-state index contributed by atoms with van der Waals surface area (Å²) in [5.74, 6) is 0.352. The summed E-state index contributed by atoms with van der Waals surface area (Å²) < 4.78 is 5.37. The first-order valence-corrected chi connectivity index (χ1v) is 25.5. The number of hydrogen-bond donors (Lipinski definition) is 4. The standard InChI is InChI=1S/C52H81N3O6S2/c1-5-7-9-11-13-15-17-19-21-23-24-26-28-30-32-34-36-38-47(56)53-42-44-62-63-45-43-54-48(57)40-41-55-51(60)50(59)52(3,4)46-61-49(58)39-37-35-33-31-29-27-25-22-20-18-16-14-12-10-8-6-2/h7-10,13-16,19-22,24,26-27,29-33,50,59H,5-6,11-12,17-18,23,25,28,34-46H2,1-4H3,(H,53,56)(H,54,57)(H,55,60). The van der Waals surface area contributed by atoms with Crippen molar-refractivity contribution in [2.75, 3.05) is 37.7 Å². The molecule has 1 atom stereocenters. The molecule has 0 fully saturated rings. The van der Waals surface area contributed by atoms with Gasteiger partial charge in [-0.2, -0.15) is 0 Å². The largest absolute Gasteiger partial charge is 0.465 e. The summed E-state index contributed by atoms with van der Waals surface area (Å²) in [5.41, 5.74) is -1.00. The van der Waals surface area contributed by atoms with Gasteiger partial charge in [-0.25, -0.2) is 0 Å². The molecule has 352 valence electrons. The van der Waals surface area contributed by atoms with Crippen LogP contribution in [0.15, 0.2) is 122 Å². The average molecular weight is 908 g/mol. The van der Waals surface area contributed by atoms with E-state index in [4.69, 9.17) is 4.74 Å². The lowest BCUT2D eigenvalue weighted by atomic mass is 9.87. The molecule has 1 unspecified atom stereocenters. The van der Waals surface area contributed by atoms with Crippen molar-refractivity contribution in [3.8, 4) is 0 Å². The number of nitrogens with one attached hydrogen (secondary N) is 3. The summed E-state index contributed by atoms with van der Waals surface area (Å²) in [5, 5.41) is 19.0. The molecule has 0 aliphatic rings. The predicted molar refractivity (Wildman–Crippen MR) is 271 cm³/mol. The smallest absolute Gasteiger partial charge is 0.305 e. The van der Waals surface area contributed by atoms with Crippen LogP contribution in [0.5, 0.6) is 0 Å². The van der Waals surface area contributed by atoms with Crippen LogP contribution in [0, 0.1) is 5.41 Å². The topological polar surface area (TPSA) is 134 Å². The van der Waals surface area contributed by atoms with E-state index in [0.717, 1.165) is 82.8 Å². The van der Waals surface area contributed by atoms with Gasteiger partial charge in [0.2, 0.25) is 17.7 Å². The first kappa shape index (κ1) is 58.9. The zero-order valence-electron chi connectivity index (χ0n) is 39.0. The van der Waals surface area contributed by atoms with Crippen LogP contribution >= 0.6 is 21.6 Å². The van der Waals surface area contributed by atoms with Gasteiger partial charge in [-0.3, -0.25) is 19.2 Å². The van der Waals surface area contributed by atoms with E-state index in [2.05, 4.69) is 133 Å². The molecule has 4 N–H and O–H groups in total. The van der Waals surface area contributed by atoms with Crippen molar-refractivity contribution < 1.29 is 29.0 Å². The third-order valence-electron chi connectivity index (χ3n) is 8.96. The number of carbonyl (C=O) groups excluding carboxylic acids is 4. The maximum Gasteiger partial charge on any atom is 0.305 e. The van der Waals surface area contributed by atoms with Crippen LogP contribution in [0.25, 0.3) is 0 Å². The van der Waals surface area contributed by atoms with Gasteiger partial charge in [-0.05, 0) is 83.5 Å². The normalized spacial score (nSPS) is 13.3. The summed E-state index contributed by atoms with van der Waals surface area (Å²) in [6.07, 6.45) is 54.1. The predicted octanol–water partition coefficient (Wildman–Crippen LogP) is 11.5. The Bertz CT molecular complexity index is 1510. The number of aliphatic hydroxyl groups excluding tert-OH is 1. The van der Waals surface area contributed by atoms with E-state index in [0.29, 0.717) is 31.7 Å². The van der Waals surface area contributed by atoms with Gasteiger partial charge in [0.1, 0.15) is 6.10 Å². The third-order valence-corrected chi connectivity index (χ3v) is 11.4. The van der Waals surface area contributed by atoms with E-state index in [1.165, 1.54) is 0 Å². The number of allylic oxidation sites excluding steroid dienone is 20. The number of hydrogen-bond acceptors (Lipinski definition) is 8. The fourth-order valence-corrected chi connectivity index (χ4v) is 7.07. The molecule has 0 saturated carbocycles. The zero-order chi connectivity index (χ0) is 46.3. The van der Waals surface area contributed by atoms with Gasteiger partial charge < -0.3 is 25.8 Å². The van der Waals surface area contributed by atoms with Gasteiger partial charge in [0.05, 0.1) is 6.61 Å². The minimum atomic E-state index is -1.41.